The molecule has 1 aromatic rings. The summed E-state index contributed by atoms with van der Waals surface area (Å²) >= 11 is 0. The second-order valence-corrected chi connectivity index (χ2v) is 3.69. The zero-order chi connectivity index (χ0) is 14.7. The van der Waals surface area contributed by atoms with Gasteiger partial charge in [0, 0.05) is 6.61 Å². The van der Waals surface area contributed by atoms with Crippen LogP contribution in [0.4, 0.5) is 26.3 Å². The Balaban J connectivity index is 2.77. The smallest absolute Gasteiger partial charge is 0.430 e. The van der Waals surface area contributed by atoms with E-state index in [1.165, 1.54) is 12.1 Å². The minimum absolute atomic E-state index is 0.170. The molecule has 0 spiro atoms. The second-order valence-electron chi connectivity index (χ2n) is 3.69. The van der Waals surface area contributed by atoms with Crippen molar-refractivity contribution in [3.63, 3.8) is 0 Å². The van der Waals surface area contributed by atoms with Crippen molar-refractivity contribution in [1.82, 2.24) is 0 Å². The van der Waals surface area contributed by atoms with Gasteiger partial charge in [0.2, 0.25) is 0 Å². The summed E-state index contributed by atoms with van der Waals surface area (Å²) in [5.41, 5.74) is 0.575. The first-order valence-corrected chi connectivity index (χ1v) is 5.14. The van der Waals surface area contributed by atoms with Crippen LogP contribution in [0.15, 0.2) is 24.3 Å². The van der Waals surface area contributed by atoms with Crippen molar-refractivity contribution >= 4 is 0 Å². The lowest BCUT2D eigenvalue weighted by atomic mass is 10.1. The molecule has 0 bridgehead atoms. The highest BCUT2D eigenvalue weighted by atomic mass is 19.4. The molecule has 0 saturated heterocycles. The number of hydrogen-bond donors (Lipinski definition) is 1. The van der Waals surface area contributed by atoms with Gasteiger partial charge in [0.05, 0.1) is 0 Å². The standard InChI is InChI=1S/C11H10F6O2/c12-9(10(13,14)15)11(16,17)19-8-3-1-7(2-4-8)5-6-18/h1-4,9,18H,5-6H2. The lowest BCUT2D eigenvalue weighted by Gasteiger charge is -2.23. The summed E-state index contributed by atoms with van der Waals surface area (Å²) in [5, 5.41) is 8.61. The average molecular weight is 288 g/mol. The molecule has 1 N–H and O–H groups in total. The predicted octanol–water partition coefficient (Wildman–Crippen LogP) is 3.09. The Morgan fingerprint density at radius 2 is 1.58 bits per heavy atom. The summed E-state index contributed by atoms with van der Waals surface area (Å²) in [5.74, 6) is -0.599. The molecule has 1 rings (SSSR count). The van der Waals surface area contributed by atoms with Crippen LogP contribution in [0, 0.1) is 0 Å². The second kappa shape index (κ2) is 5.68. The fraction of sp³-hybridized carbons (Fsp3) is 0.455. The molecule has 19 heavy (non-hydrogen) atoms. The SMILES string of the molecule is OCCc1ccc(OC(F)(F)C(F)C(F)(F)F)cc1. The predicted molar refractivity (Wildman–Crippen MR) is 53.8 cm³/mol. The Morgan fingerprint density at radius 3 is 2.00 bits per heavy atom. The Bertz CT molecular complexity index is 401. The van der Waals surface area contributed by atoms with Crippen molar-refractivity contribution in [3.8, 4) is 5.75 Å². The monoisotopic (exact) mass is 288 g/mol. The fourth-order valence-corrected chi connectivity index (χ4v) is 1.25. The van der Waals surface area contributed by atoms with Crippen molar-refractivity contribution in [2.75, 3.05) is 6.61 Å². The van der Waals surface area contributed by atoms with E-state index in [2.05, 4.69) is 4.74 Å². The minimum atomic E-state index is -5.71. The maximum Gasteiger partial charge on any atom is 0.439 e. The summed E-state index contributed by atoms with van der Waals surface area (Å²) in [4.78, 5) is 0. The number of benzene rings is 1. The van der Waals surface area contributed by atoms with E-state index in [0.717, 1.165) is 12.1 Å². The molecule has 1 unspecified atom stereocenters. The normalized spacial score (nSPS) is 14.3. The summed E-state index contributed by atoms with van der Waals surface area (Å²) in [7, 11) is 0. The topological polar surface area (TPSA) is 29.5 Å². The van der Waals surface area contributed by atoms with Crippen LogP contribution in [-0.4, -0.2) is 30.2 Å². The number of rotatable bonds is 5. The summed E-state index contributed by atoms with van der Waals surface area (Å²) in [6.07, 6.45) is -14.9. The number of aliphatic hydroxyl groups excluding tert-OH is 1. The first kappa shape index (κ1) is 15.6. The largest absolute Gasteiger partial charge is 0.439 e. The van der Waals surface area contributed by atoms with Crippen LogP contribution >= 0.6 is 0 Å². The molecule has 0 aliphatic rings. The van der Waals surface area contributed by atoms with Crippen LogP contribution in [0.2, 0.25) is 0 Å². The van der Waals surface area contributed by atoms with E-state index in [0.29, 0.717) is 5.56 Å². The highest BCUT2D eigenvalue weighted by Crippen LogP contribution is 2.36. The zero-order valence-electron chi connectivity index (χ0n) is 9.42. The third-order valence-corrected chi connectivity index (χ3v) is 2.16. The van der Waals surface area contributed by atoms with Crippen molar-refractivity contribution in [3.05, 3.63) is 29.8 Å². The number of aliphatic hydroxyl groups is 1. The first-order valence-electron chi connectivity index (χ1n) is 5.14. The summed E-state index contributed by atoms with van der Waals surface area (Å²) in [6, 6.07) is 4.51. The Kier molecular flexibility index (Phi) is 4.67. The van der Waals surface area contributed by atoms with Crippen LogP contribution in [0.5, 0.6) is 5.75 Å². The quantitative estimate of drug-likeness (QED) is 0.844. The maximum atomic E-state index is 12.9. The minimum Gasteiger partial charge on any atom is -0.430 e. The van der Waals surface area contributed by atoms with Gasteiger partial charge in [-0.05, 0) is 24.1 Å². The molecule has 0 amide bonds. The van der Waals surface area contributed by atoms with Crippen LogP contribution in [0.25, 0.3) is 0 Å². The molecule has 0 aliphatic carbocycles. The zero-order valence-corrected chi connectivity index (χ0v) is 9.42. The Hall–Kier alpha value is -1.44. The van der Waals surface area contributed by atoms with Crippen LogP contribution in [-0.2, 0) is 6.42 Å². The average Bonchev–Trinajstić information content (AvgIpc) is 2.29. The third-order valence-electron chi connectivity index (χ3n) is 2.16. The number of hydrogen-bond acceptors (Lipinski definition) is 2. The highest BCUT2D eigenvalue weighted by Gasteiger charge is 2.59. The van der Waals surface area contributed by atoms with Crippen LogP contribution in [0.3, 0.4) is 0 Å². The summed E-state index contributed by atoms with van der Waals surface area (Å²) in [6.45, 7) is -0.170. The van der Waals surface area contributed by atoms with Crippen LogP contribution in [0.1, 0.15) is 5.56 Å². The molecule has 0 radical (unpaired) electrons. The Morgan fingerprint density at radius 1 is 1.05 bits per heavy atom. The molecule has 8 heteroatoms. The fourth-order valence-electron chi connectivity index (χ4n) is 1.25. The molecule has 108 valence electrons. The van der Waals surface area contributed by atoms with E-state index in [1.54, 1.807) is 0 Å². The molecular weight excluding hydrogens is 278 g/mol. The van der Waals surface area contributed by atoms with Gasteiger partial charge in [0.1, 0.15) is 5.75 Å². The molecule has 0 fully saturated rings. The molecule has 1 aromatic carbocycles. The van der Waals surface area contributed by atoms with E-state index in [4.69, 9.17) is 5.11 Å². The van der Waals surface area contributed by atoms with E-state index in [1.807, 2.05) is 0 Å². The first-order chi connectivity index (χ1) is 8.66. The van der Waals surface area contributed by atoms with Crippen molar-refractivity contribution in [2.24, 2.45) is 0 Å². The molecule has 0 heterocycles. The molecule has 1 atom stereocenters. The summed E-state index contributed by atoms with van der Waals surface area (Å²) < 4.78 is 77.6. The van der Waals surface area contributed by atoms with Gasteiger partial charge >= 0.3 is 12.3 Å². The molecular formula is C11H10F6O2. The van der Waals surface area contributed by atoms with E-state index < -0.39 is 24.2 Å². The maximum absolute atomic E-state index is 12.9. The van der Waals surface area contributed by atoms with Crippen molar-refractivity contribution in [1.29, 1.82) is 0 Å². The van der Waals surface area contributed by atoms with E-state index in [-0.39, 0.29) is 13.0 Å². The van der Waals surface area contributed by atoms with Gasteiger partial charge in [-0.15, -0.1) is 0 Å². The van der Waals surface area contributed by atoms with Gasteiger partial charge in [-0.1, -0.05) is 12.1 Å². The van der Waals surface area contributed by atoms with Gasteiger partial charge in [-0.25, -0.2) is 4.39 Å². The lowest BCUT2D eigenvalue weighted by Crippen LogP contribution is -2.45. The third kappa shape index (κ3) is 4.30. The van der Waals surface area contributed by atoms with Crippen molar-refractivity contribution < 1.29 is 36.2 Å². The Labute approximate surface area is 104 Å². The van der Waals surface area contributed by atoms with Gasteiger partial charge in [0.15, 0.2) is 0 Å². The number of halogens is 6. The van der Waals surface area contributed by atoms with E-state index >= 15 is 0 Å². The van der Waals surface area contributed by atoms with Gasteiger partial charge < -0.3 is 9.84 Å². The van der Waals surface area contributed by atoms with Gasteiger partial charge in [-0.3, -0.25) is 0 Å². The van der Waals surface area contributed by atoms with Crippen LogP contribution < -0.4 is 4.74 Å². The van der Waals surface area contributed by atoms with Gasteiger partial charge in [-0.2, -0.15) is 22.0 Å². The molecule has 0 saturated carbocycles. The number of ether oxygens (including phenoxy) is 1. The molecule has 2 nitrogen and oxygen atoms in total. The number of alkyl halides is 6. The van der Waals surface area contributed by atoms with E-state index in [9.17, 15) is 26.3 Å². The highest BCUT2D eigenvalue weighted by molar-refractivity contribution is 5.27. The lowest BCUT2D eigenvalue weighted by molar-refractivity contribution is -0.304. The van der Waals surface area contributed by atoms with Crippen molar-refractivity contribution in [2.45, 2.75) is 24.9 Å². The van der Waals surface area contributed by atoms with Gasteiger partial charge in [0.25, 0.3) is 6.17 Å². The molecule has 0 aliphatic heterocycles. The molecule has 0 aromatic heterocycles.